The first-order valence-electron chi connectivity index (χ1n) is 6.77. The van der Waals surface area contributed by atoms with Crippen molar-refractivity contribution in [1.29, 1.82) is 0 Å². The van der Waals surface area contributed by atoms with Crippen molar-refractivity contribution in [3.63, 3.8) is 0 Å². The van der Waals surface area contributed by atoms with Gasteiger partial charge >= 0.3 is 0 Å². The Morgan fingerprint density at radius 1 is 1.17 bits per heavy atom. The van der Waals surface area contributed by atoms with E-state index in [9.17, 15) is 8.42 Å². The van der Waals surface area contributed by atoms with Gasteiger partial charge in [-0.1, -0.05) is 6.07 Å². The minimum atomic E-state index is -3.79. The maximum Gasteiger partial charge on any atom is 0.238 e. The summed E-state index contributed by atoms with van der Waals surface area (Å²) < 4.78 is 25.0. The van der Waals surface area contributed by atoms with Gasteiger partial charge in [-0.15, -0.1) is 0 Å². The molecule has 0 unspecified atom stereocenters. The number of imidazole rings is 1. The van der Waals surface area contributed by atoms with Crippen molar-refractivity contribution in [1.82, 2.24) is 14.5 Å². The quantitative estimate of drug-likeness (QED) is 0.760. The van der Waals surface area contributed by atoms with Gasteiger partial charge in [-0.05, 0) is 30.3 Å². The van der Waals surface area contributed by atoms with Crippen LogP contribution in [0, 0.1) is 0 Å². The van der Waals surface area contributed by atoms with Gasteiger partial charge in [0.2, 0.25) is 10.0 Å². The minimum Gasteiger partial charge on any atom is -0.340 e. The molecule has 23 heavy (non-hydrogen) atoms. The highest BCUT2D eigenvalue weighted by molar-refractivity contribution is 7.89. The van der Waals surface area contributed by atoms with E-state index in [4.69, 9.17) is 5.14 Å². The van der Waals surface area contributed by atoms with Gasteiger partial charge in [0, 0.05) is 30.7 Å². The number of pyridine rings is 1. The third kappa shape index (κ3) is 3.38. The zero-order valence-corrected chi connectivity index (χ0v) is 13.2. The molecule has 0 amide bonds. The molecule has 2 heterocycles. The van der Waals surface area contributed by atoms with Crippen LogP contribution in [0.15, 0.2) is 60.0 Å². The van der Waals surface area contributed by atoms with Crippen LogP contribution in [-0.4, -0.2) is 23.0 Å². The highest BCUT2D eigenvalue weighted by atomic mass is 32.2. The van der Waals surface area contributed by atoms with E-state index in [1.807, 2.05) is 25.2 Å². The van der Waals surface area contributed by atoms with Crippen molar-refractivity contribution in [3.8, 4) is 11.3 Å². The summed E-state index contributed by atoms with van der Waals surface area (Å²) in [5.74, 6) is 0.646. The zero-order valence-electron chi connectivity index (χ0n) is 12.3. The molecule has 1 aromatic carbocycles. The molecule has 3 N–H and O–H groups in total. The fourth-order valence-electron chi connectivity index (χ4n) is 2.15. The van der Waals surface area contributed by atoms with E-state index in [0.29, 0.717) is 22.8 Å². The summed E-state index contributed by atoms with van der Waals surface area (Å²) >= 11 is 0. The third-order valence-corrected chi connectivity index (χ3v) is 4.14. The average Bonchev–Trinajstić information content (AvgIpc) is 2.94. The lowest BCUT2D eigenvalue weighted by Crippen LogP contribution is -2.12. The number of sulfonamides is 1. The Bertz CT molecular complexity index is 936. The number of aryl methyl sites for hydroxylation is 1. The number of rotatable bonds is 4. The Hall–Kier alpha value is -2.71. The van der Waals surface area contributed by atoms with Gasteiger partial charge < -0.3 is 9.88 Å². The first-order chi connectivity index (χ1) is 10.9. The van der Waals surface area contributed by atoms with Crippen LogP contribution in [0.5, 0.6) is 0 Å². The van der Waals surface area contributed by atoms with E-state index in [1.165, 1.54) is 12.1 Å². The summed E-state index contributed by atoms with van der Waals surface area (Å²) in [6.45, 7) is 0. The molecule has 0 aliphatic rings. The predicted molar refractivity (Wildman–Crippen MR) is 87.5 cm³/mol. The number of nitrogens with one attached hydrogen (secondary N) is 1. The van der Waals surface area contributed by atoms with E-state index >= 15 is 0 Å². The Morgan fingerprint density at radius 3 is 2.61 bits per heavy atom. The fraction of sp³-hybridized carbons (Fsp3) is 0.0667. The van der Waals surface area contributed by atoms with Crippen molar-refractivity contribution >= 4 is 21.5 Å². The molecular formula is C15H15N5O2S. The molecule has 0 aliphatic carbocycles. The molecule has 0 atom stereocenters. The van der Waals surface area contributed by atoms with E-state index in [1.54, 1.807) is 29.4 Å². The van der Waals surface area contributed by atoms with Gasteiger partial charge in [0.05, 0.1) is 16.9 Å². The van der Waals surface area contributed by atoms with Gasteiger partial charge in [-0.2, -0.15) is 0 Å². The smallest absolute Gasteiger partial charge is 0.238 e. The van der Waals surface area contributed by atoms with E-state index < -0.39 is 10.0 Å². The second-order valence-electron chi connectivity index (χ2n) is 5.02. The molecule has 3 aromatic rings. The largest absolute Gasteiger partial charge is 0.340 e. The Morgan fingerprint density at radius 2 is 2.00 bits per heavy atom. The van der Waals surface area contributed by atoms with Crippen LogP contribution < -0.4 is 10.5 Å². The molecule has 0 fully saturated rings. The van der Waals surface area contributed by atoms with Gasteiger partial charge in [-0.3, -0.25) is 0 Å². The molecule has 0 spiro atoms. The monoisotopic (exact) mass is 329 g/mol. The zero-order chi connectivity index (χ0) is 16.4. The SMILES string of the molecule is Cn1cnc(-c2cc(S(N)(=O)=O)ccc2Nc2ccccn2)c1. The number of nitrogens with zero attached hydrogens (tertiary/aromatic N) is 3. The highest BCUT2D eigenvalue weighted by Crippen LogP contribution is 2.30. The number of aromatic nitrogens is 3. The normalized spacial score (nSPS) is 11.4. The topological polar surface area (TPSA) is 103 Å². The van der Waals surface area contributed by atoms with Gasteiger partial charge in [0.15, 0.2) is 0 Å². The first-order valence-corrected chi connectivity index (χ1v) is 8.31. The third-order valence-electron chi connectivity index (χ3n) is 3.23. The van der Waals surface area contributed by atoms with Crippen molar-refractivity contribution in [2.75, 3.05) is 5.32 Å². The molecule has 2 aromatic heterocycles. The van der Waals surface area contributed by atoms with Gasteiger partial charge in [-0.25, -0.2) is 23.5 Å². The van der Waals surface area contributed by atoms with Crippen LogP contribution in [0.4, 0.5) is 11.5 Å². The maximum absolute atomic E-state index is 11.6. The molecule has 0 saturated heterocycles. The van der Waals surface area contributed by atoms with Crippen LogP contribution in [0.2, 0.25) is 0 Å². The molecular weight excluding hydrogens is 314 g/mol. The van der Waals surface area contributed by atoms with E-state index in [-0.39, 0.29) is 4.90 Å². The van der Waals surface area contributed by atoms with Crippen molar-refractivity contribution in [3.05, 3.63) is 55.1 Å². The lowest BCUT2D eigenvalue weighted by molar-refractivity contribution is 0.598. The number of hydrogen-bond donors (Lipinski definition) is 2. The van der Waals surface area contributed by atoms with Crippen LogP contribution in [0.1, 0.15) is 0 Å². The molecule has 0 aliphatic heterocycles. The highest BCUT2D eigenvalue weighted by Gasteiger charge is 2.14. The Kier molecular flexibility index (Phi) is 3.85. The number of benzene rings is 1. The van der Waals surface area contributed by atoms with Gasteiger partial charge in [0.25, 0.3) is 0 Å². The standard InChI is InChI=1S/C15H15N5O2S/c1-20-9-14(18-10-20)12-8-11(23(16,21)22)5-6-13(12)19-15-4-2-3-7-17-15/h2-10H,1H3,(H,17,19)(H2,16,21,22). The lowest BCUT2D eigenvalue weighted by atomic mass is 10.1. The molecule has 0 radical (unpaired) electrons. The van der Waals surface area contributed by atoms with Crippen LogP contribution in [-0.2, 0) is 17.1 Å². The minimum absolute atomic E-state index is 0.0322. The summed E-state index contributed by atoms with van der Waals surface area (Å²) in [6.07, 6.45) is 5.11. The summed E-state index contributed by atoms with van der Waals surface area (Å²) in [7, 11) is -1.95. The summed E-state index contributed by atoms with van der Waals surface area (Å²) in [5, 5.41) is 8.39. The first kappa shape index (κ1) is 15.2. The van der Waals surface area contributed by atoms with Crippen molar-refractivity contribution in [2.45, 2.75) is 4.90 Å². The lowest BCUT2D eigenvalue weighted by Gasteiger charge is -2.11. The summed E-state index contributed by atoms with van der Waals surface area (Å²) in [4.78, 5) is 8.52. The second-order valence-corrected chi connectivity index (χ2v) is 6.58. The maximum atomic E-state index is 11.6. The summed E-state index contributed by atoms with van der Waals surface area (Å²) in [5.41, 5.74) is 1.95. The molecule has 8 heteroatoms. The van der Waals surface area contributed by atoms with Crippen LogP contribution in [0.25, 0.3) is 11.3 Å². The van der Waals surface area contributed by atoms with Crippen LogP contribution >= 0.6 is 0 Å². The summed E-state index contributed by atoms with van der Waals surface area (Å²) in [6, 6.07) is 10.1. The van der Waals surface area contributed by atoms with E-state index in [2.05, 4.69) is 15.3 Å². The number of hydrogen-bond acceptors (Lipinski definition) is 5. The molecule has 0 bridgehead atoms. The van der Waals surface area contributed by atoms with Crippen LogP contribution in [0.3, 0.4) is 0 Å². The molecule has 0 saturated carbocycles. The predicted octanol–water partition coefficient (Wildman–Crippen LogP) is 1.87. The average molecular weight is 329 g/mol. The second kappa shape index (κ2) is 5.82. The number of primary sulfonamides is 1. The van der Waals surface area contributed by atoms with Crippen molar-refractivity contribution in [2.24, 2.45) is 12.2 Å². The Labute approximate surface area is 133 Å². The number of anilines is 2. The van der Waals surface area contributed by atoms with E-state index in [0.717, 1.165) is 0 Å². The fourth-order valence-corrected chi connectivity index (χ4v) is 2.69. The molecule has 3 rings (SSSR count). The number of nitrogens with two attached hydrogens (primary N) is 1. The Balaban J connectivity index is 2.11. The molecule has 118 valence electrons. The van der Waals surface area contributed by atoms with Gasteiger partial charge in [0.1, 0.15) is 5.82 Å². The molecule has 7 nitrogen and oxygen atoms in total. The van der Waals surface area contributed by atoms with Crippen molar-refractivity contribution < 1.29 is 8.42 Å².